The van der Waals surface area contributed by atoms with E-state index < -0.39 is 29.8 Å². The van der Waals surface area contributed by atoms with Crippen molar-refractivity contribution in [2.45, 2.75) is 82.7 Å². The van der Waals surface area contributed by atoms with Crippen LogP contribution in [-0.4, -0.2) is 74.4 Å². The van der Waals surface area contributed by atoms with E-state index in [1.807, 2.05) is 30.3 Å². The fraction of sp³-hybridized carbons (Fsp3) is 0.514. The molecule has 2 atom stereocenters. The zero-order valence-electron chi connectivity index (χ0n) is 28.9. The summed E-state index contributed by atoms with van der Waals surface area (Å²) in [6.07, 6.45) is 8.81. The second-order valence-corrected chi connectivity index (χ2v) is 12.0. The second-order valence-electron chi connectivity index (χ2n) is 12.0. The summed E-state index contributed by atoms with van der Waals surface area (Å²) in [5, 5.41) is 20.0. The van der Waals surface area contributed by atoms with Gasteiger partial charge in [-0.25, -0.2) is 0 Å². The largest absolute Gasteiger partial charge is 0.370 e. The van der Waals surface area contributed by atoms with E-state index in [4.69, 9.17) is 22.9 Å². The molecular weight excluding hydrogens is 638 g/mol. The van der Waals surface area contributed by atoms with Gasteiger partial charge >= 0.3 is 0 Å². The van der Waals surface area contributed by atoms with Gasteiger partial charge in [0.15, 0.2) is 5.96 Å². The van der Waals surface area contributed by atoms with Gasteiger partial charge in [0.25, 0.3) is 5.91 Å². The second kappa shape index (κ2) is 25.1. The van der Waals surface area contributed by atoms with Gasteiger partial charge in [0, 0.05) is 25.2 Å². The van der Waals surface area contributed by atoms with Gasteiger partial charge in [-0.15, -0.1) is 0 Å². The van der Waals surface area contributed by atoms with Crippen LogP contribution in [0.1, 0.15) is 81.0 Å². The lowest BCUT2D eigenvalue weighted by Crippen LogP contribution is -2.48. The first-order valence-electron chi connectivity index (χ1n) is 17.4. The predicted molar refractivity (Wildman–Crippen MR) is 196 cm³/mol. The van der Waals surface area contributed by atoms with Crippen LogP contribution in [0, 0.1) is 0 Å². The molecule has 0 spiro atoms. The fourth-order valence-corrected chi connectivity index (χ4v) is 4.85. The summed E-state index contributed by atoms with van der Waals surface area (Å²) in [5.41, 5.74) is 23.4. The topological polar surface area (TPSA) is 258 Å². The number of rotatable bonds is 26. The maximum absolute atomic E-state index is 12.8. The number of unbranched alkanes of at least 4 members (excludes halogenated alkanes) is 6. The van der Waals surface area contributed by atoms with Crippen molar-refractivity contribution in [1.82, 2.24) is 21.3 Å². The van der Waals surface area contributed by atoms with Crippen LogP contribution in [-0.2, 0) is 14.4 Å². The first-order valence-corrected chi connectivity index (χ1v) is 17.4. The van der Waals surface area contributed by atoms with Crippen LogP contribution in [0.4, 0.5) is 11.4 Å². The Morgan fingerprint density at radius 1 is 0.640 bits per heavy atom. The predicted octanol–water partition coefficient (Wildman–Crippen LogP) is 2.40. The lowest BCUT2D eigenvalue weighted by Gasteiger charge is -2.17. The highest BCUT2D eigenvalue weighted by Crippen LogP contribution is 2.18. The summed E-state index contributed by atoms with van der Waals surface area (Å²) in [6, 6.07) is 14.1. The van der Waals surface area contributed by atoms with Crippen molar-refractivity contribution in [1.29, 1.82) is 0 Å². The minimum atomic E-state index is -1.07. The van der Waals surface area contributed by atoms with Gasteiger partial charge in [0.2, 0.25) is 17.7 Å². The third-order valence-electron chi connectivity index (χ3n) is 7.66. The van der Waals surface area contributed by atoms with Crippen LogP contribution in [0.25, 0.3) is 0 Å². The number of carbonyl (C=O) groups excluding carboxylic acids is 4. The van der Waals surface area contributed by atoms with E-state index in [9.17, 15) is 19.2 Å². The molecule has 0 aromatic heterocycles. The number of nitrogens with two attached hydrogens (primary N) is 4. The van der Waals surface area contributed by atoms with E-state index >= 15 is 0 Å². The SMILES string of the molecule is NC(=O)C[C@H](NC(=O)c1ccc(N=Nc2ccccc2)cc1)C(=O)NCCCCCCCCNCCCCNC(=O)[C@@H](N)CCCN=C(N)N. The number of hydrogen-bond acceptors (Lipinski definition) is 9. The van der Waals surface area contributed by atoms with E-state index in [2.05, 4.69) is 36.5 Å². The Labute approximate surface area is 294 Å². The molecule has 15 heteroatoms. The molecule has 0 fully saturated rings. The van der Waals surface area contributed by atoms with Crippen LogP contribution >= 0.6 is 0 Å². The van der Waals surface area contributed by atoms with Crippen molar-refractivity contribution < 1.29 is 19.2 Å². The lowest BCUT2D eigenvalue weighted by molar-refractivity contribution is -0.126. The normalized spacial score (nSPS) is 12.2. The molecule has 2 rings (SSSR count). The van der Waals surface area contributed by atoms with Gasteiger partial charge in [-0.2, -0.15) is 10.2 Å². The fourth-order valence-electron chi connectivity index (χ4n) is 4.85. The first kappa shape index (κ1) is 41.3. The monoisotopic (exact) mass is 693 g/mol. The maximum Gasteiger partial charge on any atom is 0.251 e. The molecule has 0 bridgehead atoms. The number of aliphatic imine (C=N–C) groups is 1. The molecule has 0 unspecified atom stereocenters. The number of nitrogens with zero attached hydrogens (tertiary/aromatic N) is 3. The van der Waals surface area contributed by atoms with E-state index in [1.165, 1.54) is 0 Å². The number of carbonyl (C=O) groups is 4. The Morgan fingerprint density at radius 2 is 1.18 bits per heavy atom. The number of amides is 4. The molecule has 15 nitrogen and oxygen atoms in total. The molecule has 4 amide bonds. The first-order chi connectivity index (χ1) is 24.2. The van der Waals surface area contributed by atoms with Crippen molar-refractivity contribution in [3.8, 4) is 0 Å². The Morgan fingerprint density at radius 3 is 1.80 bits per heavy atom. The number of hydrogen-bond donors (Lipinski definition) is 8. The van der Waals surface area contributed by atoms with Crippen molar-refractivity contribution in [2.24, 2.45) is 38.2 Å². The van der Waals surface area contributed by atoms with Gasteiger partial charge in [0.1, 0.15) is 6.04 Å². The smallest absolute Gasteiger partial charge is 0.251 e. The van der Waals surface area contributed by atoms with Crippen molar-refractivity contribution in [3.63, 3.8) is 0 Å². The molecule has 0 radical (unpaired) electrons. The standard InChI is InChI=1S/C35H55N11O4/c36-29(15-12-24-43-35(38)39)33(49)41-23-11-10-21-40-20-8-3-1-2-4-9-22-42-34(50)30(25-31(37)47)44-32(48)26-16-18-28(19-17-26)46-45-27-13-6-5-7-14-27/h5-7,13-14,16-19,29-30,40H,1-4,8-12,15,20-25,36H2,(H2,37,47)(H,41,49)(H,42,50)(H,44,48)(H4,38,39,43)/t29-,30-/m0/s1. The highest BCUT2D eigenvalue weighted by atomic mass is 16.2. The highest BCUT2D eigenvalue weighted by Gasteiger charge is 2.23. The number of azo groups is 1. The van der Waals surface area contributed by atoms with Gasteiger partial charge in [-0.3, -0.25) is 24.2 Å². The van der Waals surface area contributed by atoms with E-state index in [0.29, 0.717) is 49.4 Å². The third kappa shape index (κ3) is 19.2. The molecule has 2 aromatic carbocycles. The average molecular weight is 694 g/mol. The highest BCUT2D eigenvalue weighted by molar-refractivity contribution is 5.99. The van der Waals surface area contributed by atoms with Crippen molar-refractivity contribution in [3.05, 3.63) is 60.2 Å². The van der Waals surface area contributed by atoms with Crippen LogP contribution < -0.4 is 44.2 Å². The minimum absolute atomic E-state index is 0.0385. The van der Waals surface area contributed by atoms with E-state index in [-0.39, 0.29) is 18.3 Å². The molecule has 50 heavy (non-hydrogen) atoms. The average Bonchev–Trinajstić information content (AvgIpc) is 3.10. The molecule has 274 valence electrons. The number of benzene rings is 2. The third-order valence-corrected chi connectivity index (χ3v) is 7.66. The number of nitrogens with one attached hydrogen (secondary N) is 4. The summed E-state index contributed by atoms with van der Waals surface area (Å²) in [7, 11) is 0. The Bertz CT molecular complexity index is 1350. The molecule has 0 aliphatic rings. The van der Waals surface area contributed by atoms with Crippen molar-refractivity contribution in [2.75, 3.05) is 32.7 Å². The summed E-state index contributed by atoms with van der Waals surface area (Å²) in [6.45, 7) is 3.34. The molecule has 2 aromatic rings. The Balaban J connectivity index is 1.51. The van der Waals surface area contributed by atoms with Crippen LogP contribution in [0.15, 0.2) is 69.8 Å². The van der Waals surface area contributed by atoms with Gasteiger partial charge in [0.05, 0.1) is 23.8 Å². The maximum atomic E-state index is 12.8. The van der Waals surface area contributed by atoms with E-state index in [0.717, 1.165) is 64.5 Å². The zero-order chi connectivity index (χ0) is 36.4. The van der Waals surface area contributed by atoms with Crippen LogP contribution in [0.5, 0.6) is 0 Å². The summed E-state index contributed by atoms with van der Waals surface area (Å²) < 4.78 is 0. The zero-order valence-corrected chi connectivity index (χ0v) is 28.9. The van der Waals surface area contributed by atoms with E-state index in [1.54, 1.807) is 24.3 Å². The Kier molecular flexibility index (Phi) is 20.8. The molecule has 0 aliphatic heterocycles. The summed E-state index contributed by atoms with van der Waals surface area (Å²) in [5.74, 6) is -1.74. The molecular formula is C35H55N11O4. The molecule has 12 N–H and O–H groups in total. The number of guanidine groups is 1. The number of primary amides is 1. The van der Waals surface area contributed by atoms with Gasteiger partial charge < -0.3 is 44.2 Å². The van der Waals surface area contributed by atoms with Gasteiger partial charge in [-0.1, -0.05) is 43.9 Å². The minimum Gasteiger partial charge on any atom is -0.370 e. The van der Waals surface area contributed by atoms with Crippen LogP contribution in [0.2, 0.25) is 0 Å². The molecule has 0 heterocycles. The quantitative estimate of drug-likeness (QED) is 0.0313. The summed E-state index contributed by atoms with van der Waals surface area (Å²) >= 11 is 0. The molecule has 0 saturated heterocycles. The Hall–Kier alpha value is -4.89. The molecule has 0 saturated carbocycles. The summed E-state index contributed by atoms with van der Waals surface area (Å²) in [4.78, 5) is 53.1. The van der Waals surface area contributed by atoms with Crippen molar-refractivity contribution >= 4 is 41.0 Å². The van der Waals surface area contributed by atoms with Crippen LogP contribution in [0.3, 0.4) is 0 Å². The molecule has 0 aliphatic carbocycles. The van der Waals surface area contributed by atoms with Gasteiger partial charge in [-0.05, 0) is 88.0 Å². The lowest BCUT2D eigenvalue weighted by atomic mass is 10.1.